The third-order valence-corrected chi connectivity index (χ3v) is 3.78. The molecule has 0 aromatic carbocycles. The van der Waals surface area contributed by atoms with Gasteiger partial charge in [0.2, 0.25) is 5.95 Å². The monoisotopic (exact) mass is 226 g/mol. The zero-order valence-electron chi connectivity index (χ0n) is 9.07. The van der Waals surface area contributed by atoms with E-state index < -0.39 is 0 Å². The van der Waals surface area contributed by atoms with Crippen LogP contribution in [-0.2, 0) is 0 Å². The maximum atomic E-state index is 5.79. The van der Waals surface area contributed by atoms with Crippen LogP contribution in [0.5, 0.6) is 0 Å². The fraction of sp³-hybridized carbons (Fsp3) is 0.800. The van der Waals surface area contributed by atoms with Crippen LogP contribution in [0.25, 0.3) is 0 Å². The third kappa shape index (κ3) is 2.07. The molecule has 0 spiro atoms. The Morgan fingerprint density at radius 2 is 2.13 bits per heavy atom. The lowest BCUT2D eigenvalue weighted by molar-refractivity contribution is 0.269. The van der Waals surface area contributed by atoms with Crippen LogP contribution in [0.1, 0.15) is 45.1 Å². The highest BCUT2D eigenvalue weighted by Gasteiger charge is 2.23. The largest absolute Gasteiger partial charge is 0.368 e. The Morgan fingerprint density at radius 1 is 1.47 bits per heavy atom. The molecule has 0 atom stereocenters. The highest BCUT2D eigenvalue weighted by molar-refractivity contribution is 7.71. The minimum atomic E-state index is 0.457. The molecule has 4 nitrogen and oxygen atoms in total. The van der Waals surface area contributed by atoms with Crippen LogP contribution in [0.15, 0.2) is 0 Å². The standard InChI is InChI=1S/C10H18N4S/c1-2-7-3-5-8(6-4-7)14-9(11)12-13-10(14)15/h7-8H,2-6H2,1H3,(H2,11,12)(H,13,15). The van der Waals surface area contributed by atoms with E-state index in [0.29, 0.717) is 16.8 Å². The lowest BCUT2D eigenvalue weighted by Gasteiger charge is -2.28. The second kappa shape index (κ2) is 4.35. The molecule has 1 aliphatic rings. The van der Waals surface area contributed by atoms with Gasteiger partial charge in [-0.2, -0.15) is 0 Å². The molecule has 3 N–H and O–H groups in total. The van der Waals surface area contributed by atoms with Gasteiger partial charge in [0, 0.05) is 6.04 Å². The fourth-order valence-corrected chi connectivity index (χ4v) is 2.77. The van der Waals surface area contributed by atoms with Gasteiger partial charge < -0.3 is 5.73 Å². The van der Waals surface area contributed by atoms with E-state index in [0.717, 1.165) is 5.92 Å². The van der Waals surface area contributed by atoms with E-state index in [1.807, 2.05) is 4.57 Å². The minimum absolute atomic E-state index is 0.457. The lowest BCUT2D eigenvalue weighted by Crippen LogP contribution is -2.19. The number of nitrogens with one attached hydrogen (secondary N) is 1. The van der Waals surface area contributed by atoms with Crippen LogP contribution in [0.4, 0.5) is 5.95 Å². The van der Waals surface area contributed by atoms with Gasteiger partial charge in [0.05, 0.1) is 0 Å². The van der Waals surface area contributed by atoms with Crippen LogP contribution >= 0.6 is 12.2 Å². The topological polar surface area (TPSA) is 59.6 Å². The first-order valence-corrected chi connectivity index (χ1v) is 6.05. The van der Waals surface area contributed by atoms with E-state index in [-0.39, 0.29) is 0 Å². The second-order valence-electron chi connectivity index (χ2n) is 4.34. The van der Waals surface area contributed by atoms with E-state index in [9.17, 15) is 0 Å². The normalized spacial score (nSPS) is 26.7. The highest BCUT2D eigenvalue weighted by atomic mass is 32.1. The number of H-pyrrole nitrogens is 1. The summed E-state index contributed by atoms with van der Waals surface area (Å²) >= 11 is 5.18. The Hall–Kier alpha value is -0.840. The van der Waals surface area contributed by atoms with E-state index >= 15 is 0 Å². The molecular formula is C10H18N4S. The van der Waals surface area contributed by atoms with Gasteiger partial charge in [-0.3, -0.25) is 4.57 Å². The zero-order chi connectivity index (χ0) is 10.8. The summed E-state index contributed by atoms with van der Waals surface area (Å²) in [6, 6.07) is 0.457. The van der Waals surface area contributed by atoms with Crippen LogP contribution in [-0.4, -0.2) is 14.8 Å². The molecule has 5 heteroatoms. The summed E-state index contributed by atoms with van der Waals surface area (Å²) in [6.07, 6.45) is 6.22. The van der Waals surface area contributed by atoms with Crippen molar-refractivity contribution in [3.63, 3.8) is 0 Å². The van der Waals surface area contributed by atoms with Gasteiger partial charge in [-0.1, -0.05) is 13.3 Å². The first kappa shape index (κ1) is 10.7. The lowest BCUT2D eigenvalue weighted by atomic mass is 9.84. The van der Waals surface area contributed by atoms with Crippen LogP contribution in [0, 0.1) is 10.7 Å². The molecule has 84 valence electrons. The number of nitrogens with two attached hydrogens (primary N) is 1. The van der Waals surface area contributed by atoms with Crippen molar-refractivity contribution in [2.24, 2.45) is 5.92 Å². The number of hydrogen-bond donors (Lipinski definition) is 2. The van der Waals surface area contributed by atoms with Crippen LogP contribution in [0.2, 0.25) is 0 Å². The summed E-state index contributed by atoms with van der Waals surface area (Å²) in [7, 11) is 0. The molecular weight excluding hydrogens is 208 g/mol. The van der Waals surface area contributed by atoms with Crippen LogP contribution < -0.4 is 5.73 Å². The number of nitrogen functional groups attached to an aromatic ring is 1. The number of aromatic nitrogens is 3. The van der Waals surface area contributed by atoms with Gasteiger partial charge in [-0.05, 0) is 43.8 Å². The summed E-state index contributed by atoms with van der Waals surface area (Å²) in [5.41, 5.74) is 5.79. The molecule has 15 heavy (non-hydrogen) atoms. The molecule has 0 aliphatic heterocycles. The first-order chi connectivity index (χ1) is 7.22. The van der Waals surface area contributed by atoms with Crippen molar-refractivity contribution in [1.29, 1.82) is 0 Å². The third-order valence-electron chi connectivity index (χ3n) is 3.49. The zero-order valence-corrected chi connectivity index (χ0v) is 9.89. The highest BCUT2D eigenvalue weighted by Crippen LogP contribution is 2.34. The summed E-state index contributed by atoms with van der Waals surface area (Å²) in [5, 5.41) is 6.70. The molecule has 1 saturated carbocycles. The molecule has 1 heterocycles. The quantitative estimate of drug-likeness (QED) is 0.762. The van der Waals surface area contributed by atoms with Gasteiger partial charge in [-0.15, -0.1) is 5.10 Å². The maximum Gasteiger partial charge on any atom is 0.220 e. The molecule has 1 aromatic heterocycles. The molecule has 0 saturated heterocycles. The molecule has 2 rings (SSSR count). The predicted octanol–water partition coefficient (Wildman–Crippen LogP) is 2.66. The molecule has 0 unspecified atom stereocenters. The van der Waals surface area contributed by atoms with Gasteiger partial charge in [0.15, 0.2) is 4.77 Å². The van der Waals surface area contributed by atoms with Crippen LogP contribution in [0.3, 0.4) is 0 Å². The average molecular weight is 226 g/mol. The first-order valence-electron chi connectivity index (χ1n) is 5.64. The van der Waals surface area contributed by atoms with Crippen molar-refractivity contribution in [2.75, 3.05) is 5.73 Å². The van der Waals surface area contributed by atoms with E-state index in [2.05, 4.69) is 17.1 Å². The van der Waals surface area contributed by atoms with Gasteiger partial charge >= 0.3 is 0 Å². The Bertz CT molecular complexity index is 373. The van der Waals surface area contributed by atoms with Crippen molar-refractivity contribution in [2.45, 2.75) is 45.1 Å². The van der Waals surface area contributed by atoms with Crippen molar-refractivity contribution in [3.05, 3.63) is 4.77 Å². The smallest absolute Gasteiger partial charge is 0.220 e. The summed E-state index contributed by atoms with van der Waals surface area (Å²) < 4.78 is 2.63. The second-order valence-corrected chi connectivity index (χ2v) is 4.73. The maximum absolute atomic E-state index is 5.79. The Balaban J connectivity index is 2.11. The SMILES string of the molecule is CCC1CCC(n2c(N)n[nH]c2=S)CC1. The van der Waals surface area contributed by atoms with Crippen molar-refractivity contribution < 1.29 is 0 Å². The van der Waals surface area contributed by atoms with Crippen molar-refractivity contribution >= 4 is 18.2 Å². The number of aromatic amines is 1. The Morgan fingerprint density at radius 3 is 2.60 bits per heavy atom. The molecule has 0 bridgehead atoms. The Kier molecular flexibility index (Phi) is 3.09. The van der Waals surface area contributed by atoms with E-state index in [1.165, 1.54) is 32.1 Å². The number of anilines is 1. The number of nitrogens with zero attached hydrogens (tertiary/aromatic N) is 2. The average Bonchev–Trinajstić information content (AvgIpc) is 2.59. The molecule has 1 fully saturated rings. The van der Waals surface area contributed by atoms with Gasteiger partial charge in [-0.25, -0.2) is 5.10 Å². The summed E-state index contributed by atoms with van der Waals surface area (Å²) in [6.45, 7) is 2.27. The molecule has 1 aromatic rings. The van der Waals surface area contributed by atoms with Crippen molar-refractivity contribution in [1.82, 2.24) is 14.8 Å². The van der Waals surface area contributed by atoms with E-state index in [1.54, 1.807) is 0 Å². The van der Waals surface area contributed by atoms with Crippen molar-refractivity contribution in [3.8, 4) is 0 Å². The Labute approximate surface area is 94.9 Å². The molecule has 1 aliphatic carbocycles. The molecule has 0 amide bonds. The fourth-order valence-electron chi connectivity index (χ4n) is 2.48. The predicted molar refractivity (Wildman–Crippen MR) is 63.1 cm³/mol. The summed E-state index contributed by atoms with van der Waals surface area (Å²) in [4.78, 5) is 0. The number of rotatable bonds is 2. The van der Waals surface area contributed by atoms with E-state index in [4.69, 9.17) is 18.0 Å². The summed E-state index contributed by atoms with van der Waals surface area (Å²) in [5.74, 6) is 1.42. The van der Waals surface area contributed by atoms with Gasteiger partial charge in [0.1, 0.15) is 0 Å². The minimum Gasteiger partial charge on any atom is -0.368 e. The number of hydrogen-bond acceptors (Lipinski definition) is 3. The van der Waals surface area contributed by atoms with Gasteiger partial charge in [0.25, 0.3) is 0 Å². The molecule has 0 radical (unpaired) electrons.